The van der Waals surface area contributed by atoms with E-state index in [0.29, 0.717) is 23.9 Å². The number of carbonyl (C=O) groups is 1. The van der Waals surface area contributed by atoms with E-state index in [1.54, 1.807) is 13.2 Å². The van der Waals surface area contributed by atoms with Crippen LogP contribution in [0.1, 0.15) is 18.4 Å². The van der Waals surface area contributed by atoms with Gasteiger partial charge in [0.15, 0.2) is 0 Å². The van der Waals surface area contributed by atoms with Gasteiger partial charge in [0.2, 0.25) is 11.8 Å². The molecule has 0 fully saturated rings. The van der Waals surface area contributed by atoms with Crippen molar-refractivity contribution >= 4 is 11.6 Å². The Morgan fingerprint density at radius 3 is 2.68 bits per heavy atom. The number of aryl methyl sites for hydroxylation is 1. The van der Waals surface area contributed by atoms with Gasteiger partial charge in [0, 0.05) is 23.9 Å². The highest BCUT2D eigenvalue weighted by Crippen LogP contribution is 2.22. The maximum Gasteiger partial charge on any atom is 0.238 e. The summed E-state index contributed by atoms with van der Waals surface area (Å²) in [6.07, 6.45) is 0. The van der Waals surface area contributed by atoms with Crippen LogP contribution in [0.2, 0.25) is 0 Å². The summed E-state index contributed by atoms with van der Waals surface area (Å²) in [5.41, 5.74) is 2.50. The first-order valence-corrected chi connectivity index (χ1v) is 9.27. The minimum absolute atomic E-state index is 0.0838. The van der Waals surface area contributed by atoms with Crippen LogP contribution in [0.25, 0.3) is 11.5 Å². The quantitative estimate of drug-likeness (QED) is 0.638. The monoisotopic (exact) mass is 379 g/mol. The Kier molecular flexibility index (Phi) is 6.45. The number of nitrogens with one attached hydrogen (secondary N) is 1. The molecule has 1 N–H and O–H groups in total. The summed E-state index contributed by atoms with van der Waals surface area (Å²) < 4.78 is 11.0. The summed E-state index contributed by atoms with van der Waals surface area (Å²) in [6.45, 7) is 5.45. The lowest BCUT2D eigenvalue weighted by Crippen LogP contribution is -2.33. The average Bonchev–Trinajstić information content (AvgIpc) is 3.08. The Balaban J connectivity index is 1.64. The lowest BCUT2D eigenvalue weighted by atomic mass is 10.2. The fourth-order valence-corrected chi connectivity index (χ4v) is 2.87. The maximum absolute atomic E-state index is 12.4. The van der Waals surface area contributed by atoms with E-state index in [-0.39, 0.29) is 12.5 Å². The highest BCUT2D eigenvalue weighted by molar-refractivity contribution is 5.92. The van der Waals surface area contributed by atoms with E-state index in [0.717, 1.165) is 23.6 Å². The third kappa shape index (κ3) is 4.98. The van der Waals surface area contributed by atoms with Crippen molar-refractivity contribution in [1.82, 2.24) is 9.88 Å². The lowest BCUT2D eigenvalue weighted by molar-refractivity contribution is -0.117. The van der Waals surface area contributed by atoms with Crippen LogP contribution in [0.3, 0.4) is 0 Å². The van der Waals surface area contributed by atoms with Gasteiger partial charge in [-0.2, -0.15) is 0 Å². The van der Waals surface area contributed by atoms with Crippen LogP contribution in [0.4, 0.5) is 5.69 Å². The van der Waals surface area contributed by atoms with Gasteiger partial charge in [-0.1, -0.05) is 31.2 Å². The third-order valence-corrected chi connectivity index (χ3v) is 4.45. The van der Waals surface area contributed by atoms with Gasteiger partial charge in [0.05, 0.1) is 19.3 Å². The molecule has 146 valence electrons. The molecule has 0 aliphatic rings. The van der Waals surface area contributed by atoms with Crippen molar-refractivity contribution in [2.24, 2.45) is 0 Å². The Morgan fingerprint density at radius 2 is 1.96 bits per heavy atom. The molecule has 3 rings (SSSR count). The van der Waals surface area contributed by atoms with Gasteiger partial charge < -0.3 is 14.5 Å². The number of oxazole rings is 1. The largest absolute Gasteiger partial charge is 0.497 e. The number of hydrogen-bond acceptors (Lipinski definition) is 5. The van der Waals surface area contributed by atoms with Crippen LogP contribution in [0, 0.1) is 6.92 Å². The highest BCUT2D eigenvalue weighted by atomic mass is 16.5. The molecular weight excluding hydrogens is 354 g/mol. The minimum atomic E-state index is -0.0838. The van der Waals surface area contributed by atoms with Gasteiger partial charge in [-0.05, 0) is 37.7 Å². The van der Waals surface area contributed by atoms with E-state index in [1.165, 1.54) is 0 Å². The van der Waals surface area contributed by atoms with Gasteiger partial charge in [-0.3, -0.25) is 9.69 Å². The molecule has 6 heteroatoms. The topological polar surface area (TPSA) is 67.6 Å². The van der Waals surface area contributed by atoms with Crippen molar-refractivity contribution in [3.05, 3.63) is 66.1 Å². The molecule has 0 unspecified atom stereocenters. The van der Waals surface area contributed by atoms with Gasteiger partial charge in [0.25, 0.3) is 0 Å². The average molecular weight is 379 g/mol. The SMILES string of the molecule is CCN(CC(=O)Nc1cccc(OC)c1)Cc1nc(-c2ccccc2)oc1C. The standard InChI is InChI=1S/C22H25N3O3/c1-4-25(15-21(26)23-18-11-8-12-19(13-18)27-3)14-20-16(2)28-22(24-20)17-9-6-5-7-10-17/h5-13H,4,14-15H2,1-3H3,(H,23,26). The molecule has 0 spiro atoms. The van der Waals surface area contributed by atoms with Crippen LogP contribution < -0.4 is 10.1 Å². The van der Waals surface area contributed by atoms with Crippen LogP contribution >= 0.6 is 0 Å². The summed E-state index contributed by atoms with van der Waals surface area (Å²) in [5, 5.41) is 2.91. The summed E-state index contributed by atoms with van der Waals surface area (Å²) >= 11 is 0. The lowest BCUT2D eigenvalue weighted by Gasteiger charge is -2.19. The number of aromatic nitrogens is 1. The molecule has 2 aromatic carbocycles. The van der Waals surface area contributed by atoms with Crippen LogP contribution in [0.15, 0.2) is 59.0 Å². The normalized spacial score (nSPS) is 10.9. The number of likely N-dealkylation sites (N-methyl/N-ethyl adjacent to an activating group) is 1. The zero-order valence-corrected chi connectivity index (χ0v) is 16.4. The molecule has 0 aliphatic heterocycles. The smallest absolute Gasteiger partial charge is 0.238 e. The van der Waals surface area contributed by atoms with Crippen molar-refractivity contribution in [2.45, 2.75) is 20.4 Å². The third-order valence-electron chi connectivity index (χ3n) is 4.45. The number of amides is 1. The Morgan fingerprint density at radius 1 is 1.18 bits per heavy atom. The Bertz CT molecular complexity index is 922. The first-order chi connectivity index (χ1) is 13.6. The molecule has 0 saturated heterocycles. The first-order valence-electron chi connectivity index (χ1n) is 9.27. The van der Waals surface area contributed by atoms with Crippen LogP contribution in [-0.2, 0) is 11.3 Å². The zero-order valence-electron chi connectivity index (χ0n) is 16.4. The summed E-state index contributed by atoms with van der Waals surface area (Å²) in [6, 6.07) is 17.1. The fourth-order valence-electron chi connectivity index (χ4n) is 2.87. The van der Waals surface area contributed by atoms with Crippen molar-refractivity contribution in [2.75, 3.05) is 25.5 Å². The molecule has 6 nitrogen and oxygen atoms in total. The zero-order chi connectivity index (χ0) is 19.9. The number of nitrogens with zero attached hydrogens (tertiary/aromatic N) is 2. The van der Waals surface area contributed by atoms with Crippen molar-refractivity contribution < 1.29 is 13.9 Å². The van der Waals surface area contributed by atoms with Gasteiger partial charge in [-0.15, -0.1) is 0 Å². The molecule has 0 atom stereocenters. The number of anilines is 1. The van der Waals surface area contributed by atoms with E-state index in [1.807, 2.05) is 67.3 Å². The number of rotatable bonds is 8. The predicted octanol–water partition coefficient (Wildman–Crippen LogP) is 4.12. The van der Waals surface area contributed by atoms with Gasteiger partial charge in [-0.25, -0.2) is 4.98 Å². The van der Waals surface area contributed by atoms with Crippen molar-refractivity contribution in [1.29, 1.82) is 0 Å². The summed E-state index contributed by atoms with van der Waals surface area (Å²) in [7, 11) is 1.60. The number of ether oxygens (including phenoxy) is 1. The van der Waals surface area contributed by atoms with Crippen molar-refractivity contribution in [3.63, 3.8) is 0 Å². The second kappa shape index (κ2) is 9.19. The van der Waals surface area contributed by atoms with E-state index >= 15 is 0 Å². The molecular formula is C22H25N3O3. The van der Waals surface area contributed by atoms with Gasteiger partial charge >= 0.3 is 0 Å². The summed E-state index contributed by atoms with van der Waals surface area (Å²) in [5.74, 6) is 1.99. The molecule has 3 aromatic rings. The molecule has 1 amide bonds. The summed E-state index contributed by atoms with van der Waals surface area (Å²) in [4.78, 5) is 19.1. The van der Waals surface area contributed by atoms with E-state index in [4.69, 9.17) is 9.15 Å². The van der Waals surface area contributed by atoms with E-state index in [9.17, 15) is 4.79 Å². The number of methoxy groups -OCH3 is 1. The molecule has 0 radical (unpaired) electrons. The second-order valence-electron chi connectivity index (χ2n) is 6.47. The molecule has 0 aliphatic carbocycles. The number of carbonyl (C=O) groups excluding carboxylic acids is 1. The molecule has 0 bridgehead atoms. The Labute approximate surface area is 165 Å². The minimum Gasteiger partial charge on any atom is -0.497 e. The molecule has 28 heavy (non-hydrogen) atoms. The van der Waals surface area contributed by atoms with Crippen LogP contribution in [0.5, 0.6) is 5.75 Å². The second-order valence-corrected chi connectivity index (χ2v) is 6.47. The highest BCUT2D eigenvalue weighted by Gasteiger charge is 2.16. The number of benzene rings is 2. The van der Waals surface area contributed by atoms with E-state index < -0.39 is 0 Å². The fraction of sp³-hybridized carbons (Fsp3) is 0.273. The maximum atomic E-state index is 12.4. The first kappa shape index (κ1) is 19.6. The van der Waals surface area contributed by atoms with Gasteiger partial charge in [0.1, 0.15) is 11.5 Å². The van der Waals surface area contributed by atoms with E-state index in [2.05, 4.69) is 10.3 Å². The number of hydrogen-bond donors (Lipinski definition) is 1. The van der Waals surface area contributed by atoms with Crippen molar-refractivity contribution in [3.8, 4) is 17.2 Å². The molecule has 0 saturated carbocycles. The molecule has 1 heterocycles. The molecule has 1 aromatic heterocycles. The predicted molar refractivity (Wildman–Crippen MR) is 109 cm³/mol. The van der Waals surface area contributed by atoms with Crippen LogP contribution in [-0.4, -0.2) is 36.0 Å². The Hall–Kier alpha value is -3.12.